The van der Waals surface area contributed by atoms with E-state index in [0.29, 0.717) is 18.4 Å². The number of ether oxygens (including phenoxy) is 1. The van der Waals surface area contributed by atoms with Crippen LogP contribution in [0.3, 0.4) is 0 Å². The quantitative estimate of drug-likeness (QED) is 0.516. The van der Waals surface area contributed by atoms with E-state index in [4.69, 9.17) is 4.74 Å². The summed E-state index contributed by atoms with van der Waals surface area (Å²) in [6, 6.07) is 13.4. The van der Waals surface area contributed by atoms with E-state index < -0.39 is 0 Å². The van der Waals surface area contributed by atoms with Crippen molar-refractivity contribution in [3.63, 3.8) is 0 Å². The molecule has 0 saturated heterocycles. The van der Waals surface area contributed by atoms with Crippen LogP contribution in [-0.4, -0.2) is 39.6 Å². The van der Waals surface area contributed by atoms with Crippen LogP contribution in [-0.2, 0) is 22.5 Å². The number of hydrogen-bond donors (Lipinski definition) is 1. The van der Waals surface area contributed by atoms with Crippen molar-refractivity contribution in [2.45, 2.75) is 19.4 Å². The number of nitrogens with zero attached hydrogens (tertiary/aromatic N) is 3. The predicted octanol–water partition coefficient (Wildman–Crippen LogP) is 2.48. The molecule has 0 bridgehead atoms. The van der Waals surface area contributed by atoms with Crippen molar-refractivity contribution >= 4 is 11.9 Å². The smallest absolute Gasteiger partial charge is 0.309 e. The largest absolute Gasteiger partial charge is 0.464 e. The van der Waals surface area contributed by atoms with Gasteiger partial charge in [0.15, 0.2) is 0 Å². The van der Waals surface area contributed by atoms with Crippen molar-refractivity contribution < 1.29 is 14.3 Å². The zero-order chi connectivity index (χ0) is 20.1. The SMILES string of the molecule is O=C(NCCOC(=O)[C@H]1CCn2c(cnc2-c2ccccc2)C1)c1cccnc1. The Bertz CT molecular complexity index is 986. The minimum atomic E-state index is -0.232. The molecule has 29 heavy (non-hydrogen) atoms. The topological polar surface area (TPSA) is 86.1 Å². The lowest BCUT2D eigenvalue weighted by molar-refractivity contribution is -0.149. The van der Waals surface area contributed by atoms with Crippen LogP contribution in [0.25, 0.3) is 11.4 Å². The molecule has 1 aliphatic rings. The third-order valence-corrected chi connectivity index (χ3v) is 5.02. The lowest BCUT2D eigenvalue weighted by Gasteiger charge is -2.23. The van der Waals surface area contributed by atoms with Crippen molar-refractivity contribution in [1.82, 2.24) is 19.9 Å². The lowest BCUT2D eigenvalue weighted by atomic mass is 9.96. The van der Waals surface area contributed by atoms with Crippen LogP contribution in [0, 0.1) is 5.92 Å². The Morgan fingerprint density at radius 3 is 2.79 bits per heavy atom. The van der Waals surface area contributed by atoms with Gasteiger partial charge in [0.1, 0.15) is 12.4 Å². The first kappa shape index (κ1) is 18.9. The molecule has 1 atom stereocenters. The Balaban J connectivity index is 1.27. The van der Waals surface area contributed by atoms with E-state index in [-0.39, 0.29) is 30.9 Å². The summed E-state index contributed by atoms with van der Waals surface area (Å²) in [5, 5.41) is 2.72. The van der Waals surface area contributed by atoms with Gasteiger partial charge in [-0.25, -0.2) is 4.98 Å². The number of carbonyl (C=O) groups is 2. The lowest BCUT2D eigenvalue weighted by Crippen LogP contribution is -2.31. The maximum atomic E-state index is 12.4. The molecule has 0 unspecified atom stereocenters. The van der Waals surface area contributed by atoms with Crippen LogP contribution in [0.4, 0.5) is 0 Å². The number of pyridine rings is 1. The zero-order valence-electron chi connectivity index (χ0n) is 16.0. The Morgan fingerprint density at radius 2 is 2.00 bits per heavy atom. The van der Waals surface area contributed by atoms with Crippen molar-refractivity contribution in [2.24, 2.45) is 5.92 Å². The molecule has 7 nitrogen and oxygen atoms in total. The third kappa shape index (κ3) is 4.34. The molecule has 0 fully saturated rings. The molecule has 0 spiro atoms. The molecule has 148 valence electrons. The number of nitrogens with one attached hydrogen (secondary N) is 1. The highest BCUT2D eigenvalue weighted by Crippen LogP contribution is 2.27. The van der Waals surface area contributed by atoms with Crippen molar-refractivity contribution in [2.75, 3.05) is 13.2 Å². The minimum absolute atomic E-state index is 0.149. The van der Waals surface area contributed by atoms with Gasteiger partial charge in [-0.15, -0.1) is 0 Å². The fourth-order valence-corrected chi connectivity index (χ4v) is 3.51. The number of benzene rings is 1. The average molecular weight is 390 g/mol. The molecule has 0 radical (unpaired) electrons. The monoisotopic (exact) mass is 390 g/mol. The van der Waals surface area contributed by atoms with Gasteiger partial charge in [-0.3, -0.25) is 14.6 Å². The fourth-order valence-electron chi connectivity index (χ4n) is 3.51. The van der Waals surface area contributed by atoms with Crippen LogP contribution < -0.4 is 5.32 Å². The molecule has 1 N–H and O–H groups in total. The molecule has 0 saturated carbocycles. The Labute approximate surface area is 168 Å². The number of fused-ring (bicyclic) bond motifs is 1. The van der Waals surface area contributed by atoms with Gasteiger partial charge in [0, 0.05) is 42.8 Å². The van der Waals surface area contributed by atoms with E-state index in [1.807, 2.05) is 36.5 Å². The zero-order valence-corrected chi connectivity index (χ0v) is 16.0. The first-order valence-corrected chi connectivity index (χ1v) is 9.67. The average Bonchev–Trinajstić information content (AvgIpc) is 3.21. The third-order valence-electron chi connectivity index (χ3n) is 5.02. The number of esters is 1. The predicted molar refractivity (Wildman–Crippen MR) is 107 cm³/mol. The van der Waals surface area contributed by atoms with E-state index in [0.717, 1.165) is 23.6 Å². The summed E-state index contributed by atoms with van der Waals surface area (Å²) in [5.41, 5.74) is 2.60. The molecule has 1 amide bonds. The standard InChI is InChI=1S/C22H22N4O3/c27-21(18-7-4-9-23-14-18)24-10-12-29-22(28)17-8-11-26-19(13-17)15-25-20(26)16-5-2-1-3-6-16/h1-7,9,14-15,17H,8,10-13H2,(H,24,27)/t17-/m0/s1. The summed E-state index contributed by atoms with van der Waals surface area (Å²) >= 11 is 0. The summed E-state index contributed by atoms with van der Waals surface area (Å²) in [7, 11) is 0. The van der Waals surface area contributed by atoms with Crippen LogP contribution in [0.1, 0.15) is 22.5 Å². The Morgan fingerprint density at radius 1 is 1.14 bits per heavy atom. The molecular weight excluding hydrogens is 368 g/mol. The number of rotatable bonds is 6. The molecule has 3 aromatic rings. The number of carbonyl (C=O) groups excluding carboxylic acids is 2. The Kier molecular flexibility index (Phi) is 5.65. The van der Waals surface area contributed by atoms with E-state index in [1.54, 1.807) is 18.3 Å². The maximum absolute atomic E-state index is 12.4. The molecule has 1 aromatic carbocycles. The summed E-state index contributed by atoms with van der Waals surface area (Å²) in [5.74, 6) is 0.292. The van der Waals surface area contributed by atoms with E-state index in [9.17, 15) is 9.59 Å². The van der Waals surface area contributed by atoms with Crippen LogP contribution >= 0.6 is 0 Å². The minimum Gasteiger partial charge on any atom is -0.464 e. The second-order valence-corrected chi connectivity index (χ2v) is 6.95. The second-order valence-electron chi connectivity index (χ2n) is 6.95. The molecular formula is C22H22N4O3. The molecule has 3 heterocycles. The highest BCUT2D eigenvalue weighted by molar-refractivity contribution is 5.93. The molecule has 4 rings (SSSR count). The number of aromatic nitrogens is 3. The number of amides is 1. The van der Waals surface area contributed by atoms with Gasteiger partial charge in [-0.1, -0.05) is 30.3 Å². The van der Waals surface area contributed by atoms with E-state index in [2.05, 4.69) is 19.9 Å². The highest BCUT2D eigenvalue weighted by Gasteiger charge is 2.28. The number of hydrogen-bond acceptors (Lipinski definition) is 5. The van der Waals surface area contributed by atoms with Crippen molar-refractivity contribution in [3.8, 4) is 11.4 Å². The van der Waals surface area contributed by atoms with Crippen molar-refractivity contribution in [3.05, 3.63) is 72.3 Å². The van der Waals surface area contributed by atoms with Gasteiger partial charge < -0.3 is 14.6 Å². The molecule has 7 heteroatoms. The maximum Gasteiger partial charge on any atom is 0.309 e. The molecule has 1 aliphatic heterocycles. The van der Waals surface area contributed by atoms with E-state index >= 15 is 0 Å². The summed E-state index contributed by atoms with van der Waals surface area (Å²) < 4.78 is 7.55. The van der Waals surface area contributed by atoms with Gasteiger partial charge in [-0.2, -0.15) is 0 Å². The normalized spacial score (nSPS) is 15.4. The van der Waals surface area contributed by atoms with Gasteiger partial charge in [-0.05, 0) is 18.6 Å². The van der Waals surface area contributed by atoms with Gasteiger partial charge in [0.05, 0.1) is 18.0 Å². The van der Waals surface area contributed by atoms with Gasteiger partial charge in [0.25, 0.3) is 5.91 Å². The Hall–Kier alpha value is -3.48. The second kappa shape index (κ2) is 8.68. The summed E-state index contributed by atoms with van der Waals surface area (Å²) in [6.07, 6.45) is 6.27. The summed E-state index contributed by atoms with van der Waals surface area (Å²) in [4.78, 5) is 32.8. The fraction of sp³-hybridized carbons (Fsp3) is 0.273. The van der Waals surface area contributed by atoms with Crippen molar-refractivity contribution in [1.29, 1.82) is 0 Å². The van der Waals surface area contributed by atoms with Gasteiger partial charge >= 0.3 is 5.97 Å². The van der Waals surface area contributed by atoms with Crippen LogP contribution in [0.2, 0.25) is 0 Å². The number of imidazole rings is 1. The van der Waals surface area contributed by atoms with Crippen LogP contribution in [0.5, 0.6) is 0 Å². The molecule has 2 aromatic heterocycles. The van der Waals surface area contributed by atoms with Gasteiger partial charge in [0.2, 0.25) is 0 Å². The molecule has 0 aliphatic carbocycles. The van der Waals surface area contributed by atoms with E-state index in [1.165, 1.54) is 6.20 Å². The highest BCUT2D eigenvalue weighted by atomic mass is 16.5. The van der Waals surface area contributed by atoms with Crippen LogP contribution in [0.15, 0.2) is 61.1 Å². The summed E-state index contributed by atoms with van der Waals surface area (Å²) in [6.45, 7) is 1.15. The first-order valence-electron chi connectivity index (χ1n) is 9.67. The first-order chi connectivity index (χ1) is 14.2.